The molecule has 1 fully saturated rings. The highest BCUT2D eigenvalue weighted by atomic mass is 35.5. The number of hydrogen-bond donors (Lipinski definition) is 0. The summed E-state index contributed by atoms with van der Waals surface area (Å²) in [6.45, 7) is 0.673. The van der Waals surface area contributed by atoms with Crippen LogP contribution in [0.5, 0.6) is 0 Å². The average molecular weight is 350 g/mol. The number of rotatable bonds is 3. The number of halogens is 2. The van der Waals surface area contributed by atoms with E-state index in [9.17, 15) is 9.18 Å². The molecule has 1 amide bonds. The molecule has 0 spiro atoms. The Balaban J connectivity index is 1.84. The molecule has 1 aliphatic heterocycles. The first kappa shape index (κ1) is 17.0. The van der Waals surface area contributed by atoms with E-state index in [1.165, 1.54) is 6.07 Å². The molecule has 24 heavy (non-hydrogen) atoms. The molecule has 0 radical (unpaired) electrons. The summed E-state index contributed by atoms with van der Waals surface area (Å²) in [6.07, 6.45) is 5.86. The summed E-state index contributed by atoms with van der Waals surface area (Å²) in [6, 6.07) is 6.41. The first-order valence-corrected chi connectivity index (χ1v) is 8.66. The van der Waals surface area contributed by atoms with Crippen LogP contribution in [0.3, 0.4) is 0 Å². The third-order valence-corrected chi connectivity index (χ3v) is 4.89. The van der Waals surface area contributed by atoms with Gasteiger partial charge < -0.3 is 4.90 Å². The van der Waals surface area contributed by atoms with Crippen LogP contribution in [0, 0.1) is 5.82 Å². The molecule has 6 heteroatoms. The molecular weight excluding hydrogens is 329 g/mol. The van der Waals surface area contributed by atoms with Crippen molar-refractivity contribution >= 4 is 17.5 Å². The Labute approximate surface area is 146 Å². The van der Waals surface area contributed by atoms with Crippen molar-refractivity contribution in [1.82, 2.24) is 14.7 Å². The molecule has 1 atom stereocenters. The molecule has 0 bridgehead atoms. The second-order valence-corrected chi connectivity index (χ2v) is 6.65. The number of amides is 1. The second kappa shape index (κ2) is 7.34. The topological polar surface area (TPSA) is 38.1 Å². The lowest BCUT2D eigenvalue weighted by molar-refractivity contribution is -0.133. The maximum Gasteiger partial charge on any atom is 0.227 e. The van der Waals surface area contributed by atoms with E-state index >= 15 is 0 Å². The van der Waals surface area contributed by atoms with Crippen LogP contribution in [0.15, 0.2) is 30.5 Å². The molecule has 1 aromatic heterocycles. The molecule has 0 N–H and O–H groups in total. The Kier molecular flexibility index (Phi) is 5.19. The third-order valence-electron chi connectivity index (χ3n) is 4.54. The van der Waals surface area contributed by atoms with Crippen molar-refractivity contribution in [3.63, 3.8) is 0 Å². The molecular formula is C18H21ClFN3O. The van der Waals surface area contributed by atoms with Gasteiger partial charge in [-0.05, 0) is 31.0 Å². The molecule has 4 nitrogen and oxygen atoms in total. The van der Waals surface area contributed by atoms with Gasteiger partial charge in [0.1, 0.15) is 5.82 Å². The van der Waals surface area contributed by atoms with Crippen molar-refractivity contribution in [2.75, 3.05) is 6.54 Å². The highest BCUT2D eigenvalue weighted by molar-refractivity contribution is 6.31. The summed E-state index contributed by atoms with van der Waals surface area (Å²) < 4.78 is 15.8. The van der Waals surface area contributed by atoms with Crippen LogP contribution < -0.4 is 0 Å². The van der Waals surface area contributed by atoms with Crippen molar-refractivity contribution < 1.29 is 9.18 Å². The summed E-state index contributed by atoms with van der Waals surface area (Å²) in [5, 5.41) is 4.77. The number of benzene rings is 1. The zero-order valence-corrected chi connectivity index (χ0v) is 14.5. The van der Waals surface area contributed by atoms with Gasteiger partial charge in [-0.15, -0.1) is 0 Å². The minimum Gasteiger partial charge on any atom is -0.334 e. The van der Waals surface area contributed by atoms with E-state index in [0.717, 1.165) is 31.4 Å². The first-order valence-electron chi connectivity index (χ1n) is 8.28. The van der Waals surface area contributed by atoms with Gasteiger partial charge in [-0.25, -0.2) is 4.39 Å². The van der Waals surface area contributed by atoms with Gasteiger partial charge in [-0.2, -0.15) is 5.10 Å². The van der Waals surface area contributed by atoms with E-state index in [2.05, 4.69) is 5.10 Å². The molecule has 2 heterocycles. The number of carbonyl (C=O) groups excluding carboxylic acids is 1. The van der Waals surface area contributed by atoms with Crippen LogP contribution in [0.2, 0.25) is 5.02 Å². The molecule has 1 aliphatic rings. The smallest absolute Gasteiger partial charge is 0.227 e. The summed E-state index contributed by atoms with van der Waals surface area (Å²) in [5.41, 5.74) is 1.17. The minimum atomic E-state index is -0.431. The predicted octanol–water partition coefficient (Wildman–Crippen LogP) is 3.90. The number of carbonyl (C=O) groups is 1. The molecule has 128 valence electrons. The lowest BCUT2D eigenvalue weighted by atomic mass is 10.1. The minimum absolute atomic E-state index is 0.0190. The molecule has 0 aliphatic carbocycles. The van der Waals surface area contributed by atoms with Gasteiger partial charge >= 0.3 is 0 Å². The van der Waals surface area contributed by atoms with Crippen LogP contribution >= 0.6 is 11.6 Å². The molecule has 3 rings (SSSR count). The van der Waals surface area contributed by atoms with Crippen LogP contribution in [0.1, 0.15) is 43.0 Å². The highest BCUT2D eigenvalue weighted by Crippen LogP contribution is 2.30. The van der Waals surface area contributed by atoms with Crippen molar-refractivity contribution in [2.24, 2.45) is 7.05 Å². The van der Waals surface area contributed by atoms with E-state index in [0.29, 0.717) is 11.6 Å². The summed E-state index contributed by atoms with van der Waals surface area (Å²) in [7, 11) is 1.87. The first-order chi connectivity index (χ1) is 11.6. The number of likely N-dealkylation sites (tertiary alicyclic amines) is 1. The Morgan fingerprint density at radius 2 is 2.17 bits per heavy atom. The molecule has 0 saturated carbocycles. The van der Waals surface area contributed by atoms with Crippen molar-refractivity contribution in [2.45, 2.75) is 38.1 Å². The molecule has 2 aromatic rings. The Morgan fingerprint density at radius 1 is 1.33 bits per heavy atom. The quantitative estimate of drug-likeness (QED) is 0.842. The maximum atomic E-state index is 14.0. The predicted molar refractivity (Wildman–Crippen MR) is 91.2 cm³/mol. The van der Waals surface area contributed by atoms with Crippen molar-refractivity contribution in [3.8, 4) is 0 Å². The van der Waals surface area contributed by atoms with Gasteiger partial charge in [0.25, 0.3) is 0 Å². The van der Waals surface area contributed by atoms with Crippen molar-refractivity contribution in [3.05, 3.63) is 52.6 Å². The van der Waals surface area contributed by atoms with Crippen LogP contribution in [-0.2, 0) is 18.3 Å². The normalized spacial score (nSPS) is 18.5. The SMILES string of the molecule is Cn1ccc([C@@H]2CCCCCN2C(=O)Cc2c(F)cccc2Cl)n1. The number of hydrogen-bond acceptors (Lipinski definition) is 2. The van der Waals surface area contributed by atoms with E-state index in [4.69, 9.17) is 11.6 Å². The zero-order chi connectivity index (χ0) is 17.1. The highest BCUT2D eigenvalue weighted by Gasteiger charge is 2.29. The summed E-state index contributed by atoms with van der Waals surface area (Å²) >= 11 is 6.08. The van der Waals surface area contributed by atoms with Gasteiger partial charge in [0.2, 0.25) is 5.91 Å². The van der Waals surface area contributed by atoms with E-state index < -0.39 is 5.82 Å². The number of aromatic nitrogens is 2. The van der Waals surface area contributed by atoms with Crippen LogP contribution in [0.4, 0.5) is 4.39 Å². The molecule has 1 saturated heterocycles. The molecule has 0 unspecified atom stereocenters. The fourth-order valence-electron chi connectivity index (χ4n) is 3.28. The Hall–Kier alpha value is -1.88. The van der Waals surface area contributed by atoms with E-state index in [1.807, 2.05) is 24.2 Å². The largest absolute Gasteiger partial charge is 0.334 e. The average Bonchev–Trinajstić information content (AvgIpc) is 2.83. The fourth-order valence-corrected chi connectivity index (χ4v) is 3.51. The van der Waals surface area contributed by atoms with Gasteiger partial charge in [-0.1, -0.05) is 30.5 Å². The van der Waals surface area contributed by atoms with Crippen LogP contribution in [0.25, 0.3) is 0 Å². The number of nitrogens with zero attached hydrogens (tertiary/aromatic N) is 3. The molecule has 1 aromatic carbocycles. The van der Waals surface area contributed by atoms with Crippen molar-refractivity contribution in [1.29, 1.82) is 0 Å². The summed E-state index contributed by atoms with van der Waals surface area (Å²) in [5.74, 6) is -0.528. The van der Waals surface area contributed by atoms with Crippen LogP contribution in [-0.4, -0.2) is 27.1 Å². The van der Waals surface area contributed by atoms with Gasteiger partial charge in [-0.3, -0.25) is 9.48 Å². The zero-order valence-electron chi connectivity index (χ0n) is 13.7. The van der Waals surface area contributed by atoms with E-state index in [-0.39, 0.29) is 23.9 Å². The fraction of sp³-hybridized carbons (Fsp3) is 0.444. The Morgan fingerprint density at radius 3 is 2.88 bits per heavy atom. The lowest BCUT2D eigenvalue weighted by Crippen LogP contribution is -2.36. The van der Waals surface area contributed by atoms with E-state index in [1.54, 1.807) is 16.8 Å². The lowest BCUT2D eigenvalue weighted by Gasteiger charge is -2.29. The second-order valence-electron chi connectivity index (χ2n) is 6.24. The Bertz CT molecular complexity index is 711. The third kappa shape index (κ3) is 3.61. The van der Waals surface area contributed by atoms with Gasteiger partial charge in [0.15, 0.2) is 0 Å². The number of aryl methyl sites for hydroxylation is 1. The standard InChI is InChI=1S/C18H21ClFN3O/c1-22-11-9-16(21-22)17-8-3-2-4-10-23(17)18(24)12-13-14(19)6-5-7-15(13)20/h5-7,9,11,17H,2-4,8,10,12H2,1H3/t17-/m0/s1. The maximum absolute atomic E-state index is 14.0. The van der Waals surface area contributed by atoms with Gasteiger partial charge in [0.05, 0.1) is 18.2 Å². The van der Waals surface area contributed by atoms with Gasteiger partial charge in [0, 0.05) is 30.4 Å². The monoisotopic (exact) mass is 349 g/mol. The summed E-state index contributed by atoms with van der Waals surface area (Å²) in [4.78, 5) is 14.7.